The molecule has 0 saturated heterocycles. The van der Waals surface area contributed by atoms with Gasteiger partial charge >= 0.3 is 5.97 Å². The Hall–Kier alpha value is -1.62. The minimum Gasteiger partial charge on any atom is -0.465 e. The molecular formula is C14H20N2O3. The second-order valence-corrected chi connectivity index (χ2v) is 4.96. The van der Waals surface area contributed by atoms with Crippen molar-refractivity contribution in [2.75, 3.05) is 19.0 Å². The van der Waals surface area contributed by atoms with Crippen LogP contribution < -0.4 is 5.32 Å². The molecule has 2 N–H and O–H groups in total. The van der Waals surface area contributed by atoms with Crippen LogP contribution >= 0.6 is 0 Å². The topological polar surface area (TPSA) is 71.5 Å². The average molecular weight is 264 g/mol. The molecule has 1 aromatic heterocycles. The predicted octanol–water partition coefficient (Wildman–Crippen LogP) is 1.75. The van der Waals surface area contributed by atoms with E-state index in [0.717, 1.165) is 25.1 Å². The Kier molecular flexibility index (Phi) is 4.37. The van der Waals surface area contributed by atoms with Gasteiger partial charge in [0.2, 0.25) is 0 Å². The molecule has 0 bridgehead atoms. The lowest BCUT2D eigenvalue weighted by Crippen LogP contribution is -2.22. The molecule has 1 aliphatic carbocycles. The van der Waals surface area contributed by atoms with E-state index < -0.39 is 0 Å². The van der Waals surface area contributed by atoms with Crippen LogP contribution in [0.3, 0.4) is 0 Å². The number of carbonyl (C=O) groups excluding carboxylic acids is 1. The molecule has 0 aliphatic heterocycles. The summed E-state index contributed by atoms with van der Waals surface area (Å²) in [5, 5.41) is 13.0. The summed E-state index contributed by atoms with van der Waals surface area (Å²) in [4.78, 5) is 15.8. The zero-order valence-electron chi connectivity index (χ0n) is 11.3. The van der Waals surface area contributed by atoms with Crippen LogP contribution in [0.4, 0.5) is 5.82 Å². The largest absolute Gasteiger partial charge is 0.465 e. The van der Waals surface area contributed by atoms with Crippen molar-refractivity contribution >= 4 is 11.8 Å². The fourth-order valence-electron chi connectivity index (χ4n) is 2.48. The van der Waals surface area contributed by atoms with Gasteiger partial charge < -0.3 is 15.2 Å². The second kappa shape index (κ2) is 6.02. The molecular weight excluding hydrogens is 244 g/mol. The maximum Gasteiger partial charge on any atom is 0.339 e. The lowest BCUT2D eigenvalue weighted by atomic mass is 10.1. The van der Waals surface area contributed by atoms with Crippen molar-refractivity contribution in [2.45, 2.75) is 32.3 Å². The Morgan fingerprint density at radius 2 is 2.32 bits per heavy atom. The highest BCUT2D eigenvalue weighted by Crippen LogP contribution is 2.25. The number of ether oxygens (including phenoxy) is 1. The van der Waals surface area contributed by atoms with Crippen molar-refractivity contribution in [1.82, 2.24) is 4.98 Å². The number of aliphatic hydroxyl groups excluding tert-OH is 1. The van der Waals surface area contributed by atoms with Crippen molar-refractivity contribution < 1.29 is 14.6 Å². The van der Waals surface area contributed by atoms with Crippen LogP contribution in [0.25, 0.3) is 0 Å². The summed E-state index contributed by atoms with van der Waals surface area (Å²) in [5.41, 5.74) is 1.12. The van der Waals surface area contributed by atoms with Gasteiger partial charge in [-0.1, -0.05) is 6.42 Å². The van der Waals surface area contributed by atoms with Crippen molar-refractivity contribution in [3.05, 3.63) is 23.4 Å². The van der Waals surface area contributed by atoms with Gasteiger partial charge in [0.05, 0.1) is 24.5 Å². The molecule has 1 fully saturated rings. The van der Waals surface area contributed by atoms with Crippen molar-refractivity contribution in [1.29, 1.82) is 0 Å². The van der Waals surface area contributed by atoms with Gasteiger partial charge in [-0.2, -0.15) is 0 Å². The van der Waals surface area contributed by atoms with Gasteiger partial charge in [0.15, 0.2) is 0 Å². The zero-order chi connectivity index (χ0) is 13.8. The number of aromatic nitrogens is 1. The molecule has 104 valence electrons. The number of esters is 1. The lowest BCUT2D eigenvalue weighted by Gasteiger charge is -2.16. The van der Waals surface area contributed by atoms with Crippen molar-refractivity contribution in [2.24, 2.45) is 5.92 Å². The number of hydrogen-bond donors (Lipinski definition) is 2. The molecule has 19 heavy (non-hydrogen) atoms. The maximum atomic E-state index is 11.4. The number of aliphatic hydroxyl groups is 1. The first-order chi connectivity index (χ1) is 9.11. The van der Waals surface area contributed by atoms with E-state index in [1.807, 2.05) is 0 Å². The Morgan fingerprint density at radius 3 is 2.89 bits per heavy atom. The molecule has 2 rings (SSSR count). The zero-order valence-corrected chi connectivity index (χ0v) is 11.3. The van der Waals surface area contributed by atoms with Gasteiger partial charge in [-0.05, 0) is 31.9 Å². The quantitative estimate of drug-likeness (QED) is 0.811. The second-order valence-electron chi connectivity index (χ2n) is 4.96. The average Bonchev–Trinajstić information content (AvgIpc) is 2.81. The van der Waals surface area contributed by atoms with Crippen LogP contribution in [-0.2, 0) is 4.74 Å². The summed E-state index contributed by atoms with van der Waals surface area (Å²) in [5.74, 6) is 0.648. The van der Waals surface area contributed by atoms with E-state index in [9.17, 15) is 9.90 Å². The molecule has 2 unspecified atom stereocenters. The lowest BCUT2D eigenvalue weighted by molar-refractivity contribution is 0.0599. The Balaban J connectivity index is 1.98. The summed E-state index contributed by atoms with van der Waals surface area (Å²) in [6.07, 6.45) is 2.82. The molecule has 2 atom stereocenters. The monoisotopic (exact) mass is 264 g/mol. The minimum absolute atomic E-state index is 0.206. The van der Waals surface area contributed by atoms with E-state index in [1.165, 1.54) is 7.11 Å². The number of rotatable bonds is 4. The van der Waals surface area contributed by atoms with E-state index in [2.05, 4.69) is 15.0 Å². The molecule has 5 nitrogen and oxygen atoms in total. The van der Waals surface area contributed by atoms with Gasteiger partial charge in [-0.15, -0.1) is 0 Å². The Morgan fingerprint density at radius 1 is 1.53 bits per heavy atom. The number of nitrogens with one attached hydrogen (secondary N) is 1. The first-order valence-electron chi connectivity index (χ1n) is 6.59. The molecule has 1 aliphatic rings. The predicted molar refractivity (Wildman–Crippen MR) is 72.2 cm³/mol. The summed E-state index contributed by atoms with van der Waals surface area (Å²) in [6, 6.07) is 3.47. The fourth-order valence-corrected chi connectivity index (χ4v) is 2.48. The third-order valence-corrected chi connectivity index (χ3v) is 3.66. The van der Waals surface area contributed by atoms with Crippen LogP contribution in [-0.4, -0.2) is 35.8 Å². The standard InChI is InChI=1S/C14H20N2O3/c1-9-11(14(18)19-2)6-7-13(16-9)15-8-10-4-3-5-12(10)17/h6-7,10,12,17H,3-5,8H2,1-2H3,(H,15,16). The van der Waals surface area contributed by atoms with E-state index in [1.54, 1.807) is 19.1 Å². The van der Waals surface area contributed by atoms with Crippen LogP contribution in [0, 0.1) is 12.8 Å². The number of methoxy groups -OCH3 is 1. The summed E-state index contributed by atoms with van der Waals surface area (Å²) in [7, 11) is 1.36. The van der Waals surface area contributed by atoms with Crippen molar-refractivity contribution in [3.8, 4) is 0 Å². The van der Waals surface area contributed by atoms with E-state index in [4.69, 9.17) is 0 Å². The van der Waals surface area contributed by atoms with E-state index in [-0.39, 0.29) is 12.1 Å². The number of aryl methyl sites for hydroxylation is 1. The number of carbonyl (C=O) groups is 1. The molecule has 1 heterocycles. The smallest absolute Gasteiger partial charge is 0.339 e. The highest BCUT2D eigenvalue weighted by Gasteiger charge is 2.24. The molecule has 0 amide bonds. The normalized spacial score (nSPS) is 22.3. The van der Waals surface area contributed by atoms with Crippen LogP contribution in [0.15, 0.2) is 12.1 Å². The molecule has 1 saturated carbocycles. The third kappa shape index (κ3) is 3.23. The number of hydrogen-bond acceptors (Lipinski definition) is 5. The van der Waals surface area contributed by atoms with Gasteiger partial charge in [0, 0.05) is 12.5 Å². The van der Waals surface area contributed by atoms with Crippen LogP contribution in [0.1, 0.15) is 35.3 Å². The molecule has 0 aromatic carbocycles. The number of pyridine rings is 1. The summed E-state index contributed by atoms with van der Waals surface area (Å²) < 4.78 is 4.68. The highest BCUT2D eigenvalue weighted by atomic mass is 16.5. The highest BCUT2D eigenvalue weighted by molar-refractivity contribution is 5.90. The SMILES string of the molecule is COC(=O)c1ccc(NCC2CCCC2O)nc1C. The Labute approximate surface area is 113 Å². The first-order valence-corrected chi connectivity index (χ1v) is 6.59. The number of anilines is 1. The van der Waals surface area contributed by atoms with Crippen molar-refractivity contribution in [3.63, 3.8) is 0 Å². The third-order valence-electron chi connectivity index (χ3n) is 3.66. The van der Waals surface area contributed by atoms with Gasteiger partial charge in [0.1, 0.15) is 5.82 Å². The van der Waals surface area contributed by atoms with E-state index >= 15 is 0 Å². The van der Waals surface area contributed by atoms with Crippen LogP contribution in [0.5, 0.6) is 0 Å². The number of nitrogens with zero attached hydrogens (tertiary/aromatic N) is 1. The maximum absolute atomic E-state index is 11.4. The summed E-state index contributed by atoms with van der Waals surface area (Å²) >= 11 is 0. The fraction of sp³-hybridized carbons (Fsp3) is 0.571. The molecule has 0 spiro atoms. The molecule has 0 radical (unpaired) electrons. The molecule has 1 aromatic rings. The first kappa shape index (κ1) is 13.8. The molecule has 5 heteroatoms. The minimum atomic E-state index is -0.372. The van der Waals surface area contributed by atoms with Gasteiger partial charge in [-0.25, -0.2) is 9.78 Å². The summed E-state index contributed by atoms with van der Waals surface area (Å²) in [6.45, 7) is 2.49. The Bertz CT molecular complexity index is 462. The van der Waals surface area contributed by atoms with E-state index in [0.29, 0.717) is 23.7 Å². The van der Waals surface area contributed by atoms with Gasteiger partial charge in [-0.3, -0.25) is 0 Å². The van der Waals surface area contributed by atoms with Crippen LogP contribution in [0.2, 0.25) is 0 Å². The van der Waals surface area contributed by atoms with Gasteiger partial charge in [0.25, 0.3) is 0 Å².